The van der Waals surface area contributed by atoms with Gasteiger partial charge in [-0.15, -0.1) is 0 Å². The van der Waals surface area contributed by atoms with Crippen LogP contribution in [0.5, 0.6) is 5.75 Å². The summed E-state index contributed by atoms with van der Waals surface area (Å²) in [5.74, 6) is -2.37. The van der Waals surface area contributed by atoms with Crippen molar-refractivity contribution < 1.29 is 29.3 Å². The van der Waals surface area contributed by atoms with E-state index in [4.69, 9.17) is 52.5 Å². The Labute approximate surface area is 187 Å². The second-order valence-corrected chi connectivity index (χ2v) is 8.06. The molecule has 2 N–H and O–H groups in total. The molecule has 170 valence electrons. The van der Waals surface area contributed by atoms with Gasteiger partial charge in [0.25, 0.3) is 0 Å². The average Bonchev–Trinajstić information content (AvgIpc) is 2.68. The van der Waals surface area contributed by atoms with E-state index in [1.807, 2.05) is 7.11 Å². The predicted molar refractivity (Wildman–Crippen MR) is 117 cm³/mol. The van der Waals surface area contributed by atoms with E-state index in [1.54, 1.807) is 18.2 Å². The molecule has 0 aliphatic carbocycles. The molecule has 2 rings (SSSR count). The number of hydrogen-bond acceptors (Lipinski definition) is 5. The SMILES string of the molecule is CCCCCN1CC[C@@H](CCOc2cc(Cl)cc(Cl)c2)[C@H](OC)C1.O=C(O)C(=O)O. The van der Waals surface area contributed by atoms with Crippen molar-refractivity contribution in [2.45, 2.75) is 45.1 Å². The summed E-state index contributed by atoms with van der Waals surface area (Å²) in [4.78, 5) is 20.7. The third kappa shape index (κ3) is 10.5. The van der Waals surface area contributed by atoms with Crippen LogP contribution in [-0.4, -0.2) is 66.5 Å². The van der Waals surface area contributed by atoms with Gasteiger partial charge >= 0.3 is 11.9 Å². The third-order valence-corrected chi connectivity index (χ3v) is 5.37. The fourth-order valence-electron chi connectivity index (χ4n) is 3.35. The van der Waals surface area contributed by atoms with Crippen molar-refractivity contribution in [3.8, 4) is 5.75 Å². The smallest absolute Gasteiger partial charge is 0.414 e. The first-order valence-corrected chi connectivity index (χ1v) is 10.8. The number of rotatable bonds is 9. The topological polar surface area (TPSA) is 96.3 Å². The molecule has 1 aliphatic heterocycles. The molecule has 1 heterocycles. The number of benzene rings is 1. The van der Waals surface area contributed by atoms with Gasteiger partial charge in [-0.25, -0.2) is 9.59 Å². The summed E-state index contributed by atoms with van der Waals surface area (Å²) in [7, 11) is 1.82. The molecule has 9 heteroatoms. The van der Waals surface area contributed by atoms with Crippen molar-refractivity contribution in [3.05, 3.63) is 28.2 Å². The van der Waals surface area contributed by atoms with Crippen molar-refractivity contribution in [1.82, 2.24) is 4.90 Å². The number of ether oxygens (including phenoxy) is 2. The Morgan fingerprint density at radius 2 is 1.77 bits per heavy atom. The number of halogens is 2. The van der Waals surface area contributed by atoms with Gasteiger partial charge in [0.05, 0.1) is 12.7 Å². The van der Waals surface area contributed by atoms with Crippen LogP contribution in [-0.2, 0) is 14.3 Å². The summed E-state index contributed by atoms with van der Waals surface area (Å²) in [5, 5.41) is 16.0. The molecule has 1 aromatic carbocycles. The Balaban J connectivity index is 0.000000656. The molecule has 0 saturated carbocycles. The normalized spacial score (nSPS) is 18.9. The number of hydrogen-bond donors (Lipinski definition) is 2. The van der Waals surface area contributed by atoms with Gasteiger partial charge in [-0.1, -0.05) is 43.0 Å². The largest absolute Gasteiger partial charge is 0.493 e. The lowest BCUT2D eigenvalue weighted by Gasteiger charge is -2.37. The van der Waals surface area contributed by atoms with E-state index in [-0.39, 0.29) is 0 Å². The highest BCUT2D eigenvalue weighted by molar-refractivity contribution is 6.34. The van der Waals surface area contributed by atoms with E-state index in [0.29, 0.717) is 28.7 Å². The Bertz CT molecular complexity index is 641. The second-order valence-electron chi connectivity index (χ2n) is 7.18. The van der Waals surface area contributed by atoms with E-state index in [9.17, 15) is 0 Å². The maximum atomic E-state index is 9.10. The molecule has 0 amide bonds. The van der Waals surface area contributed by atoms with E-state index >= 15 is 0 Å². The van der Waals surface area contributed by atoms with Gasteiger partial charge in [0, 0.05) is 23.7 Å². The molecule has 2 atom stereocenters. The van der Waals surface area contributed by atoms with Crippen LogP contribution >= 0.6 is 23.2 Å². The number of likely N-dealkylation sites (tertiary alicyclic amines) is 1. The second kappa shape index (κ2) is 14.5. The minimum atomic E-state index is -1.82. The van der Waals surface area contributed by atoms with Gasteiger partial charge in [-0.3, -0.25) is 0 Å². The lowest BCUT2D eigenvalue weighted by molar-refractivity contribution is -0.159. The van der Waals surface area contributed by atoms with E-state index in [2.05, 4.69) is 11.8 Å². The number of unbranched alkanes of at least 4 members (excludes halogenated alkanes) is 2. The Hall–Kier alpha value is -1.54. The van der Waals surface area contributed by atoms with Crippen LogP contribution in [0.3, 0.4) is 0 Å². The quantitative estimate of drug-likeness (QED) is 0.412. The average molecular weight is 464 g/mol. The Kier molecular flexibility index (Phi) is 12.8. The minimum absolute atomic E-state index is 0.298. The third-order valence-electron chi connectivity index (χ3n) is 4.94. The first-order chi connectivity index (χ1) is 14.3. The summed E-state index contributed by atoms with van der Waals surface area (Å²) in [6, 6.07) is 5.32. The molecular formula is C21H31Cl2NO6. The zero-order valence-corrected chi connectivity index (χ0v) is 19.0. The highest BCUT2D eigenvalue weighted by Gasteiger charge is 2.28. The Morgan fingerprint density at radius 1 is 1.13 bits per heavy atom. The number of aliphatic carboxylic acids is 2. The fraction of sp³-hybridized carbons (Fsp3) is 0.619. The van der Waals surface area contributed by atoms with Crippen molar-refractivity contribution in [3.63, 3.8) is 0 Å². The van der Waals surface area contributed by atoms with Crippen LogP contribution in [0.4, 0.5) is 0 Å². The van der Waals surface area contributed by atoms with Crippen molar-refractivity contribution in [2.75, 3.05) is 33.4 Å². The zero-order valence-electron chi connectivity index (χ0n) is 17.5. The van der Waals surface area contributed by atoms with Gasteiger partial charge in [0.15, 0.2) is 0 Å². The zero-order chi connectivity index (χ0) is 22.5. The molecule has 1 aromatic rings. The van der Waals surface area contributed by atoms with Gasteiger partial charge < -0.3 is 24.6 Å². The van der Waals surface area contributed by atoms with Gasteiger partial charge in [0.1, 0.15) is 5.75 Å². The fourth-order valence-corrected chi connectivity index (χ4v) is 3.86. The molecule has 7 nitrogen and oxygen atoms in total. The van der Waals surface area contributed by atoms with Gasteiger partial charge in [-0.05, 0) is 56.5 Å². The van der Waals surface area contributed by atoms with Crippen LogP contribution < -0.4 is 4.74 Å². The molecule has 0 bridgehead atoms. The first kappa shape index (κ1) is 26.5. The van der Waals surface area contributed by atoms with Crippen LogP contribution in [0.15, 0.2) is 18.2 Å². The maximum absolute atomic E-state index is 9.10. The van der Waals surface area contributed by atoms with Crippen molar-refractivity contribution in [1.29, 1.82) is 0 Å². The Morgan fingerprint density at radius 3 is 2.30 bits per heavy atom. The molecule has 1 aliphatic rings. The lowest BCUT2D eigenvalue weighted by atomic mass is 9.91. The summed E-state index contributed by atoms with van der Waals surface area (Å²) in [6.45, 7) is 6.30. The van der Waals surface area contributed by atoms with Crippen molar-refractivity contribution in [2.24, 2.45) is 5.92 Å². The standard InChI is InChI=1S/C19H29Cl2NO2.C2H2O4/c1-3-4-5-8-22-9-6-15(19(14-22)23-2)7-10-24-18-12-16(20)11-17(21)13-18;3-1(4)2(5)6/h11-13,15,19H,3-10,14H2,1-2H3;(H,3,4)(H,5,6)/t15-,19+;/m0./s1. The summed E-state index contributed by atoms with van der Waals surface area (Å²) in [6.07, 6.45) is 6.33. The number of methoxy groups -OCH3 is 1. The summed E-state index contributed by atoms with van der Waals surface area (Å²) in [5.41, 5.74) is 0. The van der Waals surface area contributed by atoms with Gasteiger partial charge in [-0.2, -0.15) is 0 Å². The van der Waals surface area contributed by atoms with Crippen LogP contribution in [0.25, 0.3) is 0 Å². The molecule has 0 radical (unpaired) electrons. The molecule has 0 spiro atoms. The highest BCUT2D eigenvalue weighted by atomic mass is 35.5. The number of carboxylic acids is 2. The van der Waals surface area contributed by atoms with E-state index in [0.717, 1.165) is 25.3 Å². The summed E-state index contributed by atoms with van der Waals surface area (Å²) >= 11 is 12.0. The molecule has 1 fully saturated rings. The molecule has 1 saturated heterocycles. The monoisotopic (exact) mass is 463 g/mol. The summed E-state index contributed by atoms with van der Waals surface area (Å²) < 4.78 is 11.6. The highest BCUT2D eigenvalue weighted by Crippen LogP contribution is 2.26. The molecule has 0 aromatic heterocycles. The molecular weight excluding hydrogens is 433 g/mol. The van der Waals surface area contributed by atoms with Crippen LogP contribution in [0, 0.1) is 5.92 Å². The van der Waals surface area contributed by atoms with Gasteiger partial charge in [0.2, 0.25) is 0 Å². The number of carbonyl (C=O) groups is 2. The van der Waals surface area contributed by atoms with Crippen molar-refractivity contribution >= 4 is 35.1 Å². The van der Waals surface area contributed by atoms with E-state index in [1.165, 1.54) is 32.2 Å². The minimum Gasteiger partial charge on any atom is -0.493 e. The number of nitrogens with zero attached hydrogens (tertiary/aromatic N) is 1. The predicted octanol–water partition coefficient (Wildman–Crippen LogP) is 4.45. The first-order valence-electron chi connectivity index (χ1n) is 10.1. The maximum Gasteiger partial charge on any atom is 0.414 e. The number of piperidine rings is 1. The number of carboxylic acid groups (broad SMARTS) is 2. The van der Waals surface area contributed by atoms with Crippen LogP contribution in [0.2, 0.25) is 10.0 Å². The lowest BCUT2D eigenvalue weighted by Crippen LogP contribution is -2.45. The van der Waals surface area contributed by atoms with E-state index < -0.39 is 11.9 Å². The van der Waals surface area contributed by atoms with Crippen LogP contribution in [0.1, 0.15) is 39.0 Å². The molecule has 0 unspecified atom stereocenters. The molecule has 30 heavy (non-hydrogen) atoms.